The maximum Gasteiger partial charge on any atom is 0.322 e. The Bertz CT molecular complexity index is 855. The first kappa shape index (κ1) is 16.2. The molecule has 0 bridgehead atoms. The molecule has 118 valence electrons. The van der Waals surface area contributed by atoms with Gasteiger partial charge in [-0.2, -0.15) is 0 Å². The van der Waals surface area contributed by atoms with E-state index in [1.165, 1.54) is 14.1 Å². The number of nitrogens with zero attached hydrogens (tertiary/aromatic N) is 1. The molecule has 0 fully saturated rings. The van der Waals surface area contributed by atoms with E-state index in [4.69, 9.17) is 4.74 Å². The SMILES string of the molecule is CN(C)S(=O)(=O)CC(=O)OCc1cc2ccccc2[nH]c1=O. The van der Waals surface area contributed by atoms with Gasteiger partial charge in [0.05, 0.1) is 5.56 Å². The molecule has 2 aromatic rings. The Morgan fingerprint density at radius 1 is 1.27 bits per heavy atom. The lowest BCUT2D eigenvalue weighted by atomic mass is 10.2. The topological polar surface area (TPSA) is 96.5 Å². The number of carbonyl (C=O) groups is 1. The summed E-state index contributed by atoms with van der Waals surface area (Å²) in [7, 11) is -1.01. The Morgan fingerprint density at radius 2 is 1.95 bits per heavy atom. The number of aromatic nitrogens is 1. The molecule has 0 unspecified atom stereocenters. The van der Waals surface area contributed by atoms with Gasteiger partial charge in [-0.15, -0.1) is 0 Å². The fraction of sp³-hybridized carbons (Fsp3) is 0.286. The molecule has 8 heteroatoms. The van der Waals surface area contributed by atoms with E-state index in [0.29, 0.717) is 5.52 Å². The van der Waals surface area contributed by atoms with E-state index in [0.717, 1.165) is 9.69 Å². The van der Waals surface area contributed by atoms with Crippen molar-refractivity contribution in [2.75, 3.05) is 19.8 Å². The highest BCUT2D eigenvalue weighted by atomic mass is 32.2. The summed E-state index contributed by atoms with van der Waals surface area (Å²) in [4.78, 5) is 26.1. The van der Waals surface area contributed by atoms with Crippen LogP contribution in [0.1, 0.15) is 5.56 Å². The Morgan fingerprint density at radius 3 is 2.64 bits per heavy atom. The van der Waals surface area contributed by atoms with Crippen molar-refractivity contribution < 1.29 is 17.9 Å². The van der Waals surface area contributed by atoms with Crippen LogP contribution in [0.4, 0.5) is 0 Å². The number of fused-ring (bicyclic) bond motifs is 1. The Hall–Kier alpha value is -2.19. The molecule has 1 aromatic heterocycles. The highest BCUT2D eigenvalue weighted by molar-refractivity contribution is 7.89. The number of benzene rings is 1. The predicted octanol–water partition coefficient (Wildman–Crippen LogP) is 0.463. The summed E-state index contributed by atoms with van der Waals surface area (Å²) in [6.07, 6.45) is 0. The summed E-state index contributed by atoms with van der Waals surface area (Å²) in [5.74, 6) is -1.66. The summed E-state index contributed by atoms with van der Waals surface area (Å²) < 4.78 is 28.9. The average molecular weight is 324 g/mol. The van der Waals surface area contributed by atoms with Gasteiger partial charge in [0, 0.05) is 19.6 Å². The van der Waals surface area contributed by atoms with Crippen molar-refractivity contribution in [1.82, 2.24) is 9.29 Å². The second-order valence-corrected chi connectivity index (χ2v) is 7.09. The van der Waals surface area contributed by atoms with E-state index >= 15 is 0 Å². The quantitative estimate of drug-likeness (QED) is 0.806. The molecule has 1 N–H and O–H groups in total. The second kappa shape index (κ2) is 6.29. The standard InChI is InChI=1S/C14H16N2O5S/c1-16(2)22(19,20)9-13(17)21-8-11-7-10-5-3-4-6-12(10)15-14(11)18/h3-7H,8-9H2,1-2H3,(H,15,18). The fourth-order valence-electron chi connectivity index (χ4n) is 1.78. The van der Waals surface area contributed by atoms with Crippen LogP contribution < -0.4 is 5.56 Å². The highest BCUT2D eigenvalue weighted by Gasteiger charge is 2.20. The van der Waals surface area contributed by atoms with Gasteiger partial charge in [0.1, 0.15) is 6.61 Å². The molecule has 0 aliphatic rings. The molecule has 7 nitrogen and oxygen atoms in total. The van der Waals surface area contributed by atoms with Gasteiger partial charge in [-0.25, -0.2) is 12.7 Å². The van der Waals surface area contributed by atoms with Gasteiger partial charge in [0.15, 0.2) is 5.75 Å². The number of pyridine rings is 1. The van der Waals surface area contributed by atoms with Crippen molar-refractivity contribution in [2.45, 2.75) is 6.61 Å². The van der Waals surface area contributed by atoms with Crippen molar-refractivity contribution >= 4 is 26.9 Å². The van der Waals surface area contributed by atoms with E-state index in [2.05, 4.69) is 4.98 Å². The number of hydrogen-bond donors (Lipinski definition) is 1. The third kappa shape index (κ3) is 3.71. The van der Waals surface area contributed by atoms with Gasteiger partial charge in [-0.05, 0) is 17.5 Å². The second-order valence-electron chi connectivity index (χ2n) is 4.91. The van der Waals surface area contributed by atoms with Crippen LogP contribution in [0.15, 0.2) is 35.1 Å². The zero-order chi connectivity index (χ0) is 16.3. The van der Waals surface area contributed by atoms with Crippen LogP contribution in [0.3, 0.4) is 0 Å². The van der Waals surface area contributed by atoms with Crippen molar-refractivity contribution in [3.63, 3.8) is 0 Å². The summed E-state index contributed by atoms with van der Waals surface area (Å²) >= 11 is 0. The molecular weight excluding hydrogens is 308 g/mol. The highest BCUT2D eigenvalue weighted by Crippen LogP contribution is 2.10. The van der Waals surface area contributed by atoms with Crippen molar-refractivity contribution in [1.29, 1.82) is 0 Å². The Kier molecular flexibility index (Phi) is 4.62. The van der Waals surface area contributed by atoms with Gasteiger partial charge >= 0.3 is 5.97 Å². The van der Waals surface area contributed by atoms with Crippen molar-refractivity contribution in [2.24, 2.45) is 0 Å². The molecule has 0 radical (unpaired) electrons. The van der Waals surface area contributed by atoms with E-state index in [1.807, 2.05) is 12.1 Å². The van der Waals surface area contributed by atoms with Gasteiger partial charge in [-0.3, -0.25) is 9.59 Å². The Labute approximate surface area is 127 Å². The van der Waals surface area contributed by atoms with Crippen LogP contribution in [0.25, 0.3) is 10.9 Å². The van der Waals surface area contributed by atoms with Crippen LogP contribution in [0.2, 0.25) is 0 Å². The number of ether oxygens (including phenoxy) is 1. The zero-order valence-corrected chi connectivity index (χ0v) is 13.0. The summed E-state index contributed by atoms with van der Waals surface area (Å²) in [5, 5.41) is 0.800. The van der Waals surface area contributed by atoms with E-state index in [9.17, 15) is 18.0 Å². The number of sulfonamides is 1. The first-order chi connectivity index (χ1) is 10.3. The summed E-state index contributed by atoms with van der Waals surface area (Å²) in [5.41, 5.74) is 0.564. The number of H-pyrrole nitrogens is 1. The molecule has 0 aliphatic heterocycles. The van der Waals surface area contributed by atoms with E-state index in [1.54, 1.807) is 18.2 Å². The number of aromatic amines is 1. The molecule has 0 spiro atoms. The van der Waals surface area contributed by atoms with Gasteiger partial charge in [0.25, 0.3) is 5.56 Å². The minimum atomic E-state index is -3.67. The minimum absolute atomic E-state index is 0.259. The largest absolute Gasteiger partial charge is 0.460 e. The third-order valence-electron chi connectivity index (χ3n) is 3.08. The fourth-order valence-corrected chi connectivity index (χ4v) is 2.42. The van der Waals surface area contributed by atoms with E-state index < -0.39 is 21.7 Å². The molecule has 22 heavy (non-hydrogen) atoms. The number of rotatable bonds is 5. The number of nitrogens with one attached hydrogen (secondary N) is 1. The van der Waals surface area contributed by atoms with Crippen LogP contribution >= 0.6 is 0 Å². The lowest BCUT2D eigenvalue weighted by Crippen LogP contribution is -2.30. The maximum absolute atomic E-state index is 11.9. The van der Waals surface area contributed by atoms with Crippen molar-refractivity contribution in [3.8, 4) is 0 Å². The molecule has 0 amide bonds. The van der Waals surface area contributed by atoms with Crippen LogP contribution in [-0.4, -0.2) is 43.5 Å². The van der Waals surface area contributed by atoms with Crippen LogP contribution in [-0.2, 0) is 26.2 Å². The number of para-hydroxylation sites is 1. The van der Waals surface area contributed by atoms with Crippen LogP contribution in [0, 0.1) is 0 Å². The smallest absolute Gasteiger partial charge is 0.322 e. The molecule has 1 aromatic carbocycles. The molecule has 0 atom stereocenters. The first-order valence-corrected chi connectivity index (χ1v) is 8.07. The minimum Gasteiger partial charge on any atom is -0.460 e. The summed E-state index contributed by atoms with van der Waals surface area (Å²) in [6.45, 7) is -0.276. The Balaban J connectivity index is 2.10. The average Bonchev–Trinajstić information content (AvgIpc) is 2.44. The predicted molar refractivity (Wildman–Crippen MR) is 81.8 cm³/mol. The van der Waals surface area contributed by atoms with E-state index in [-0.39, 0.29) is 17.7 Å². The molecule has 0 saturated heterocycles. The van der Waals surface area contributed by atoms with Gasteiger partial charge in [0.2, 0.25) is 10.0 Å². The number of esters is 1. The maximum atomic E-state index is 11.9. The zero-order valence-electron chi connectivity index (χ0n) is 12.2. The van der Waals surface area contributed by atoms with Crippen molar-refractivity contribution in [3.05, 3.63) is 46.2 Å². The summed E-state index contributed by atoms with van der Waals surface area (Å²) in [6, 6.07) is 8.80. The molecule has 0 aliphatic carbocycles. The lowest BCUT2D eigenvalue weighted by Gasteiger charge is -2.10. The molecule has 0 saturated carbocycles. The molecule has 1 heterocycles. The first-order valence-electron chi connectivity index (χ1n) is 6.46. The van der Waals surface area contributed by atoms with Gasteiger partial charge < -0.3 is 9.72 Å². The number of hydrogen-bond acceptors (Lipinski definition) is 5. The normalized spacial score (nSPS) is 11.8. The molecular formula is C14H16N2O5S. The number of carbonyl (C=O) groups excluding carboxylic acids is 1. The third-order valence-corrected chi connectivity index (χ3v) is 4.79. The van der Waals surface area contributed by atoms with Crippen LogP contribution in [0.5, 0.6) is 0 Å². The lowest BCUT2D eigenvalue weighted by molar-refractivity contribution is -0.141. The van der Waals surface area contributed by atoms with Gasteiger partial charge in [-0.1, -0.05) is 18.2 Å². The monoisotopic (exact) mass is 324 g/mol. The molecule has 2 rings (SSSR count).